The summed E-state index contributed by atoms with van der Waals surface area (Å²) in [6, 6.07) is 2.44. The number of fused-ring (bicyclic) bond motifs is 1. The van der Waals surface area contributed by atoms with Gasteiger partial charge in [-0.2, -0.15) is 0 Å². The van der Waals surface area contributed by atoms with Gasteiger partial charge in [0.2, 0.25) is 5.91 Å². The van der Waals surface area contributed by atoms with Crippen molar-refractivity contribution >= 4 is 22.6 Å². The Morgan fingerprint density at radius 1 is 1.28 bits per heavy atom. The van der Waals surface area contributed by atoms with Crippen LogP contribution in [0.15, 0.2) is 24.8 Å². The third kappa shape index (κ3) is 2.46. The van der Waals surface area contributed by atoms with Gasteiger partial charge in [0.25, 0.3) is 0 Å². The van der Waals surface area contributed by atoms with E-state index in [1.54, 1.807) is 6.33 Å². The molecule has 3 fully saturated rings. The van der Waals surface area contributed by atoms with Crippen LogP contribution in [-0.2, 0) is 4.79 Å². The molecule has 1 amide bonds. The fourth-order valence-electron chi connectivity index (χ4n) is 4.45. The van der Waals surface area contributed by atoms with Crippen LogP contribution in [0.5, 0.6) is 0 Å². The smallest absolute Gasteiger partial charge is 0.226 e. The number of nitrogens with zero attached hydrogens (tertiary/aromatic N) is 5. The Bertz CT molecular complexity index is 820. The quantitative estimate of drug-likeness (QED) is 0.860. The van der Waals surface area contributed by atoms with Crippen molar-refractivity contribution in [3.63, 3.8) is 0 Å². The molecule has 130 valence electrons. The van der Waals surface area contributed by atoms with Crippen LogP contribution in [0.1, 0.15) is 32.1 Å². The van der Waals surface area contributed by atoms with Gasteiger partial charge in [0.15, 0.2) is 0 Å². The van der Waals surface area contributed by atoms with Crippen molar-refractivity contribution in [2.75, 3.05) is 25.0 Å². The van der Waals surface area contributed by atoms with E-state index in [2.05, 4.69) is 19.9 Å². The first-order chi connectivity index (χ1) is 12.2. The predicted octanol–water partition coefficient (Wildman–Crippen LogP) is 2.25. The Kier molecular flexibility index (Phi) is 3.24. The lowest BCUT2D eigenvalue weighted by molar-refractivity contribution is -0.132. The van der Waals surface area contributed by atoms with Gasteiger partial charge in [-0.1, -0.05) is 0 Å². The number of anilines is 1. The second-order valence-electron chi connectivity index (χ2n) is 7.88. The molecule has 1 aliphatic heterocycles. The van der Waals surface area contributed by atoms with E-state index in [1.165, 1.54) is 12.8 Å². The molecule has 0 aromatic carbocycles. The minimum absolute atomic E-state index is 0.248. The number of hydrogen-bond acceptors (Lipinski definition) is 5. The summed E-state index contributed by atoms with van der Waals surface area (Å²) in [7, 11) is 1.99. The van der Waals surface area contributed by atoms with Crippen LogP contribution < -0.4 is 4.90 Å². The highest BCUT2D eigenvalue weighted by Gasteiger charge is 2.59. The third-order valence-corrected chi connectivity index (χ3v) is 6.40. The van der Waals surface area contributed by atoms with Gasteiger partial charge >= 0.3 is 0 Å². The van der Waals surface area contributed by atoms with Gasteiger partial charge in [-0.05, 0) is 43.6 Å². The van der Waals surface area contributed by atoms with Crippen molar-refractivity contribution in [2.24, 2.45) is 11.3 Å². The lowest BCUT2D eigenvalue weighted by atomic mass is 9.90. The Morgan fingerprint density at radius 3 is 2.84 bits per heavy atom. The van der Waals surface area contributed by atoms with Crippen molar-refractivity contribution in [1.29, 1.82) is 0 Å². The van der Waals surface area contributed by atoms with Gasteiger partial charge in [-0.15, -0.1) is 0 Å². The first-order valence-corrected chi connectivity index (χ1v) is 9.24. The van der Waals surface area contributed by atoms with E-state index in [9.17, 15) is 4.79 Å². The summed E-state index contributed by atoms with van der Waals surface area (Å²) >= 11 is 0. The zero-order valence-corrected chi connectivity index (χ0v) is 14.6. The van der Waals surface area contributed by atoms with Crippen LogP contribution in [0, 0.1) is 11.3 Å². The van der Waals surface area contributed by atoms with Crippen LogP contribution in [0.4, 0.5) is 5.82 Å². The van der Waals surface area contributed by atoms with E-state index < -0.39 is 0 Å². The van der Waals surface area contributed by atoms with E-state index >= 15 is 0 Å². The molecular weight excluding hydrogens is 314 g/mol. The second-order valence-corrected chi connectivity index (χ2v) is 7.88. The highest BCUT2D eigenvalue weighted by molar-refractivity contribution is 5.88. The van der Waals surface area contributed by atoms with Crippen LogP contribution in [-0.4, -0.2) is 51.9 Å². The summed E-state index contributed by atoms with van der Waals surface area (Å²) in [5.74, 6) is 1.61. The monoisotopic (exact) mass is 337 g/mol. The average molecular weight is 337 g/mol. The van der Waals surface area contributed by atoms with Crippen molar-refractivity contribution in [1.82, 2.24) is 19.9 Å². The molecule has 2 aromatic heterocycles. The minimum atomic E-state index is 0.248. The molecule has 1 atom stereocenters. The molecule has 0 bridgehead atoms. The number of piperidine rings is 1. The zero-order valence-electron chi connectivity index (χ0n) is 14.6. The number of rotatable bonds is 3. The normalized spacial score (nSPS) is 24.5. The van der Waals surface area contributed by atoms with Gasteiger partial charge in [0.05, 0.1) is 10.9 Å². The summed E-state index contributed by atoms with van der Waals surface area (Å²) < 4.78 is 0. The lowest BCUT2D eigenvalue weighted by Gasteiger charge is -2.34. The Labute approximate surface area is 147 Å². The Morgan fingerprint density at radius 2 is 2.08 bits per heavy atom. The maximum atomic E-state index is 12.7. The molecule has 6 heteroatoms. The largest absolute Gasteiger partial charge is 0.356 e. The number of amides is 1. The van der Waals surface area contributed by atoms with Crippen LogP contribution in [0.2, 0.25) is 0 Å². The summed E-state index contributed by atoms with van der Waals surface area (Å²) in [6.45, 7) is 1.91. The second kappa shape index (κ2) is 5.38. The molecule has 1 unspecified atom stereocenters. The van der Waals surface area contributed by atoms with Crippen molar-refractivity contribution < 1.29 is 4.79 Å². The molecule has 6 nitrogen and oxygen atoms in total. The van der Waals surface area contributed by atoms with E-state index in [4.69, 9.17) is 0 Å². The molecule has 3 aliphatic rings. The topological polar surface area (TPSA) is 62.2 Å². The highest BCUT2D eigenvalue weighted by Crippen LogP contribution is 2.60. The fourth-order valence-corrected chi connectivity index (χ4v) is 4.45. The first-order valence-electron chi connectivity index (χ1n) is 9.24. The molecule has 2 aliphatic carbocycles. The molecule has 0 N–H and O–H groups in total. The average Bonchev–Trinajstić information content (AvgIpc) is 3.57. The summed E-state index contributed by atoms with van der Waals surface area (Å²) in [4.78, 5) is 30.1. The SMILES string of the molecule is CN(C(=O)C1CC12CCN(c1nccc3ncncc13)CC2)C1CC1. The lowest BCUT2D eigenvalue weighted by Crippen LogP contribution is -2.38. The number of carbonyl (C=O) groups is 1. The maximum absolute atomic E-state index is 12.7. The van der Waals surface area contributed by atoms with Crippen LogP contribution >= 0.6 is 0 Å². The number of aromatic nitrogens is 3. The molecule has 2 aromatic rings. The van der Waals surface area contributed by atoms with Gasteiger partial charge in [0, 0.05) is 44.5 Å². The van der Waals surface area contributed by atoms with E-state index in [0.29, 0.717) is 11.9 Å². The predicted molar refractivity (Wildman–Crippen MR) is 95.1 cm³/mol. The summed E-state index contributed by atoms with van der Waals surface area (Å²) in [5, 5.41) is 1.01. The summed E-state index contributed by atoms with van der Waals surface area (Å²) in [5.41, 5.74) is 1.18. The van der Waals surface area contributed by atoms with Crippen molar-refractivity contribution in [3.8, 4) is 0 Å². The van der Waals surface area contributed by atoms with E-state index in [0.717, 1.165) is 49.1 Å². The van der Waals surface area contributed by atoms with E-state index in [-0.39, 0.29) is 11.3 Å². The molecular formula is C19H23N5O. The fraction of sp³-hybridized carbons (Fsp3) is 0.579. The molecule has 2 saturated carbocycles. The van der Waals surface area contributed by atoms with Gasteiger partial charge < -0.3 is 9.80 Å². The molecule has 5 rings (SSSR count). The van der Waals surface area contributed by atoms with E-state index in [1.807, 2.05) is 30.4 Å². The van der Waals surface area contributed by atoms with Gasteiger partial charge in [-0.25, -0.2) is 15.0 Å². The molecule has 3 heterocycles. The number of carbonyl (C=O) groups excluding carboxylic acids is 1. The molecule has 1 saturated heterocycles. The number of hydrogen-bond donors (Lipinski definition) is 0. The molecule has 1 spiro atoms. The summed E-state index contributed by atoms with van der Waals surface area (Å²) in [6.07, 6.45) is 10.8. The van der Waals surface area contributed by atoms with Gasteiger partial charge in [0.1, 0.15) is 12.1 Å². The maximum Gasteiger partial charge on any atom is 0.226 e. The third-order valence-electron chi connectivity index (χ3n) is 6.40. The van der Waals surface area contributed by atoms with Crippen LogP contribution in [0.25, 0.3) is 10.9 Å². The first kappa shape index (κ1) is 15.0. The zero-order chi connectivity index (χ0) is 17.0. The molecule has 25 heavy (non-hydrogen) atoms. The molecule has 0 radical (unpaired) electrons. The standard InChI is InChI=1S/C19H23N5O/c1-23(13-2-3-13)18(25)15-10-19(15)5-8-24(9-6-19)17-14-11-20-12-22-16(14)4-7-21-17/h4,7,11-13,15H,2-3,5-6,8-10H2,1H3. The van der Waals surface area contributed by atoms with Crippen molar-refractivity contribution in [3.05, 3.63) is 24.8 Å². The Hall–Kier alpha value is -2.24. The number of pyridine rings is 1. The highest BCUT2D eigenvalue weighted by atomic mass is 16.2. The Balaban J connectivity index is 1.30. The van der Waals surface area contributed by atoms with Crippen LogP contribution in [0.3, 0.4) is 0 Å². The van der Waals surface area contributed by atoms with Gasteiger partial charge in [-0.3, -0.25) is 4.79 Å². The van der Waals surface area contributed by atoms with Crippen molar-refractivity contribution in [2.45, 2.75) is 38.1 Å². The minimum Gasteiger partial charge on any atom is -0.356 e.